The van der Waals surface area contributed by atoms with Crippen LogP contribution in [0.25, 0.3) is 0 Å². The molecule has 0 saturated heterocycles. The number of ether oxygens (including phenoxy) is 1. The molecule has 1 aromatic heterocycles. The number of carbonyl (C=O) groups excluding carboxylic acids is 2. The van der Waals surface area contributed by atoms with Gasteiger partial charge in [-0.1, -0.05) is 6.92 Å². The molecule has 0 saturated carbocycles. The van der Waals surface area contributed by atoms with Gasteiger partial charge in [0.2, 0.25) is 0 Å². The van der Waals surface area contributed by atoms with E-state index in [4.69, 9.17) is 4.42 Å². The lowest BCUT2D eigenvalue weighted by Gasteiger charge is -2.20. The summed E-state index contributed by atoms with van der Waals surface area (Å²) >= 11 is 0. The second-order valence-electron chi connectivity index (χ2n) is 4.52. The first-order chi connectivity index (χ1) is 8.92. The van der Waals surface area contributed by atoms with Crippen molar-refractivity contribution in [2.24, 2.45) is 0 Å². The van der Waals surface area contributed by atoms with Gasteiger partial charge in [-0.25, -0.2) is 0 Å². The fraction of sp³-hybridized carbons (Fsp3) is 0.571. The van der Waals surface area contributed by atoms with Crippen LogP contribution in [0.3, 0.4) is 0 Å². The highest BCUT2D eigenvalue weighted by Gasteiger charge is 2.25. The van der Waals surface area contributed by atoms with E-state index in [1.54, 1.807) is 6.92 Å². The van der Waals surface area contributed by atoms with Crippen LogP contribution in [0.5, 0.6) is 0 Å². The van der Waals surface area contributed by atoms with Crippen LogP contribution in [-0.2, 0) is 9.53 Å². The molecule has 0 unspecified atom stereocenters. The van der Waals surface area contributed by atoms with E-state index in [1.165, 1.54) is 12.0 Å². The molecule has 1 aromatic rings. The fourth-order valence-electron chi connectivity index (χ4n) is 2.01. The number of carbonyl (C=O) groups is 2. The Balaban J connectivity index is 3.02. The summed E-state index contributed by atoms with van der Waals surface area (Å²) in [7, 11) is 1.31. The van der Waals surface area contributed by atoms with Gasteiger partial charge in [0.15, 0.2) is 0 Å². The van der Waals surface area contributed by atoms with Gasteiger partial charge in [-0.3, -0.25) is 9.59 Å². The third-order valence-electron chi connectivity index (χ3n) is 3.10. The van der Waals surface area contributed by atoms with Crippen molar-refractivity contribution in [3.8, 4) is 0 Å². The molecule has 1 amide bonds. The van der Waals surface area contributed by atoms with Crippen molar-refractivity contribution in [1.82, 2.24) is 4.90 Å². The topological polar surface area (TPSA) is 59.8 Å². The maximum Gasteiger partial charge on any atom is 0.325 e. The minimum absolute atomic E-state index is 0.0354. The molecule has 1 rings (SSSR count). The summed E-state index contributed by atoms with van der Waals surface area (Å²) in [6.07, 6.45) is 0.775. The standard InChI is InChI=1S/C14H21NO4/c1-6-7-15(8-12(16)18-5)14(17)13-9(2)10(3)19-11(13)4/h6-8H2,1-5H3. The Morgan fingerprint density at radius 3 is 2.26 bits per heavy atom. The number of hydrogen-bond acceptors (Lipinski definition) is 4. The van der Waals surface area contributed by atoms with E-state index in [0.717, 1.165) is 17.7 Å². The maximum atomic E-state index is 12.5. The van der Waals surface area contributed by atoms with Gasteiger partial charge in [-0.05, 0) is 27.2 Å². The normalized spacial score (nSPS) is 10.4. The van der Waals surface area contributed by atoms with Gasteiger partial charge in [0.05, 0.1) is 12.7 Å². The largest absolute Gasteiger partial charge is 0.468 e. The molecule has 5 nitrogen and oxygen atoms in total. The average Bonchev–Trinajstić information content (AvgIpc) is 2.62. The predicted octanol–water partition coefficient (Wildman–Crippen LogP) is 2.23. The Kier molecular flexibility index (Phi) is 5.15. The number of nitrogens with zero attached hydrogens (tertiary/aromatic N) is 1. The minimum atomic E-state index is -0.419. The zero-order chi connectivity index (χ0) is 14.6. The number of esters is 1. The van der Waals surface area contributed by atoms with E-state index < -0.39 is 5.97 Å². The van der Waals surface area contributed by atoms with Crippen LogP contribution in [0, 0.1) is 20.8 Å². The van der Waals surface area contributed by atoms with Crippen molar-refractivity contribution in [3.63, 3.8) is 0 Å². The molecule has 0 atom stereocenters. The number of rotatable bonds is 5. The molecule has 0 bridgehead atoms. The van der Waals surface area contributed by atoms with E-state index in [0.29, 0.717) is 17.9 Å². The van der Waals surface area contributed by atoms with Crippen molar-refractivity contribution in [2.45, 2.75) is 34.1 Å². The highest BCUT2D eigenvalue weighted by Crippen LogP contribution is 2.22. The second-order valence-corrected chi connectivity index (χ2v) is 4.52. The average molecular weight is 267 g/mol. The van der Waals surface area contributed by atoms with Gasteiger partial charge in [0.25, 0.3) is 5.91 Å². The molecule has 0 fully saturated rings. The Bertz CT molecular complexity index is 476. The lowest BCUT2D eigenvalue weighted by atomic mass is 10.1. The second kappa shape index (κ2) is 6.41. The number of furan rings is 1. The van der Waals surface area contributed by atoms with Gasteiger partial charge in [-0.15, -0.1) is 0 Å². The van der Waals surface area contributed by atoms with Gasteiger partial charge in [0.1, 0.15) is 18.1 Å². The summed E-state index contributed by atoms with van der Waals surface area (Å²) < 4.78 is 10.1. The van der Waals surface area contributed by atoms with Crippen LogP contribution >= 0.6 is 0 Å². The molecular formula is C14H21NO4. The van der Waals surface area contributed by atoms with Crippen LogP contribution in [0.1, 0.15) is 40.8 Å². The Hall–Kier alpha value is -1.78. The maximum absolute atomic E-state index is 12.5. The van der Waals surface area contributed by atoms with Gasteiger partial charge in [-0.2, -0.15) is 0 Å². The highest BCUT2D eigenvalue weighted by molar-refractivity contribution is 5.98. The molecule has 19 heavy (non-hydrogen) atoms. The van der Waals surface area contributed by atoms with E-state index in [9.17, 15) is 9.59 Å². The SMILES string of the molecule is CCCN(CC(=O)OC)C(=O)c1c(C)oc(C)c1C. The number of aryl methyl sites for hydroxylation is 2. The van der Waals surface area contributed by atoms with Crippen LogP contribution in [-0.4, -0.2) is 37.0 Å². The van der Waals surface area contributed by atoms with Crippen LogP contribution in [0.2, 0.25) is 0 Å². The quantitative estimate of drug-likeness (QED) is 0.768. The summed E-state index contributed by atoms with van der Waals surface area (Å²) in [5, 5.41) is 0. The van der Waals surface area contributed by atoms with Gasteiger partial charge in [0, 0.05) is 12.1 Å². The van der Waals surface area contributed by atoms with E-state index in [-0.39, 0.29) is 12.5 Å². The number of hydrogen-bond donors (Lipinski definition) is 0. The fourth-order valence-corrected chi connectivity index (χ4v) is 2.01. The molecular weight excluding hydrogens is 246 g/mol. The Labute approximate surface area is 113 Å². The van der Waals surface area contributed by atoms with Crippen LogP contribution < -0.4 is 0 Å². The van der Waals surface area contributed by atoms with Crippen molar-refractivity contribution < 1.29 is 18.7 Å². The van der Waals surface area contributed by atoms with E-state index >= 15 is 0 Å². The molecule has 1 heterocycles. The molecule has 0 aliphatic carbocycles. The van der Waals surface area contributed by atoms with Crippen LogP contribution in [0.15, 0.2) is 4.42 Å². The summed E-state index contributed by atoms with van der Waals surface area (Å²) in [6, 6.07) is 0. The molecule has 0 radical (unpaired) electrons. The zero-order valence-corrected chi connectivity index (χ0v) is 12.2. The zero-order valence-electron chi connectivity index (χ0n) is 12.2. The summed E-state index contributed by atoms with van der Waals surface area (Å²) in [5.41, 5.74) is 1.38. The van der Waals surface area contributed by atoms with E-state index in [1.807, 2.05) is 20.8 Å². The molecule has 0 aliphatic heterocycles. The van der Waals surface area contributed by atoms with Crippen molar-refractivity contribution in [2.75, 3.05) is 20.2 Å². The first-order valence-electron chi connectivity index (χ1n) is 6.35. The third-order valence-corrected chi connectivity index (χ3v) is 3.10. The van der Waals surface area contributed by atoms with Crippen molar-refractivity contribution in [1.29, 1.82) is 0 Å². The van der Waals surface area contributed by atoms with Crippen LogP contribution in [0.4, 0.5) is 0 Å². The summed E-state index contributed by atoms with van der Waals surface area (Å²) in [5.74, 6) is 0.720. The molecule has 0 spiro atoms. The predicted molar refractivity (Wildman–Crippen MR) is 71.1 cm³/mol. The smallest absolute Gasteiger partial charge is 0.325 e. The third kappa shape index (κ3) is 3.36. The first kappa shape index (κ1) is 15.3. The lowest BCUT2D eigenvalue weighted by Crippen LogP contribution is -2.37. The number of amides is 1. The summed E-state index contributed by atoms with van der Waals surface area (Å²) in [6.45, 7) is 7.86. The molecule has 106 valence electrons. The van der Waals surface area contributed by atoms with Gasteiger partial charge < -0.3 is 14.1 Å². The van der Waals surface area contributed by atoms with Crippen molar-refractivity contribution >= 4 is 11.9 Å². The Morgan fingerprint density at radius 2 is 1.84 bits per heavy atom. The first-order valence-corrected chi connectivity index (χ1v) is 6.35. The van der Waals surface area contributed by atoms with Gasteiger partial charge >= 0.3 is 5.97 Å². The molecule has 0 aliphatic rings. The highest BCUT2D eigenvalue weighted by atomic mass is 16.5. The number of methoxy groups -OCH3 is 1. The van der Waals surface area contributed by atoms with Crippen molar-refractivity contribution in [3.05, 3.63) is 22.6 Å². The Morgan fingerprint density at radius 1 is 1.21 bits per heavy atom. The lowest BCUT2D eigenvalue weighted by molar-refractivity contribution is -0.141. The monoisotopic (exact) mass is 267 g/mol. The summed E-state index contributed by atoms with van der Waals surface area (Å²) in [4.78, 5) is 25.4. The minimum Gasteiger partial charge on any atom is -0.468 e. The molecule has 5 heteroatoms. The molecule has 0 aromatic carbocycles. The molecule has 0 N–H and O–H groups in total. The van der Waals surface area contributed by atoms with E-state index in [2.05, 4.69) is 4.74 Å².